The summed E-state index contributed by atoms with van der Waals surface area (Å²) in [7, 11) is 0. The van der Waals surface area contributed by atoms with Crippen LogP contribution in [0, 0.1) is 5.92 Å². The molecule has 2 N–H and O–H groups in total. The normalized spacial score (nSPS) is 14.7. The number of phenols is 1. The highest BCUT2D eigenvalue weighted by Gasteiger charge is 2.07. The molecule has 0 aliphatic rings. The van der Waals surface area contributed by atoms with Crippen LogP contribution in [-0.4, -0.2) is 23.7 Å². The third kappa shape index (κ3) is 4.45. The molecule has 3 heteroatoms. The highest BCUT2D eigenvalue weighted by Crippen LogP contribution is 2.16. The summed E-state index contributed by atoms with van der Waals surface area (Å²) in [4.78, 5) is 0. The molecule has 0 amide bonds. The summed E-state index contributed by atoms with van der Waals surface area (Å²) in [6.07, 6.45) is 2.14. The average molecular weight is 239 g/mol. The fourth-order valence-corrected chi connectivity index (χ4v) is 2.29. The number of phenolic OH excluding ortho intramolecular Hbond substituents is 1. The molecule has 2 nitrogen and oxygen atoms in total. The Labute approximate surface area is 102 Å². The summed E-state index contributed by atoms with van der Waals surface area (Å²) in [6, 6.07) is 7.74. The Morgan fingerprint density at radius 2 is 1.88 bits per heavy atom. The fraction of sp³-hybridized carbons (Fsp3) is 0.538. The Hall–Kier alpha value is -0.670. The third-order valence-corrected chi connectivity index (χ3v) is 3.52. The van der Waals surface area contributed by atoms with Crippen molar-refractivity contribution in [3.63, 3.8) is 0 Å². The first-order valence-electron chi connectivity index (χ1n) is 5.64. The van der Waals surface area contributed by atoms with Crippen LogP contribution in [-0.2, 0) is 0 Å². The van der Waals surface area contributed by atoms with E-state index in [-0.39, 0.29) is 0 Å². The van der Waals surface area contributed by atoms with Gasteiger partial charge in [-0.1, -0.05) is 19.1 Å². The number of hydrogen-bond donors (Lipinski definition) is 2. The maximum atomic E-state index is 9.20. The highest BCUT2D eigenvalue weighted by molar-refractivity contribution is 7.98. The first-order valence-corrected chi connectivity index (χ1v) is 7.04. The zero-order chi connectivity index (χ0) is 12.0. The molecule has 0 heterocycles. The van der Waals surface area contributed by atoms with Crippen LogP contribution in [0.4, 0.5) is 0 Å². The number of nitrogens with one attached hydrogen (secondary N) is 1. The summed E-state index contributed by atoms with van der Waals surface area (Å²) in [6.45, 7) is 5.44. The van der Waals surface area contributed by atoms with Gasteiger partial charge in [-0.15, -0.1) is 0 Å². The summed E-state index contributed by atoms with van der Waals surface area (Å²) < 4.78 is 0. The Morgan fingerprint density at radius 1 is 1.25 bits per heavy atom. The first kappa shape index (κ1) is 13.4. The SMILES string of the molecule is CSCC(C)CNC(C)c1ccc(O)cc1. The summed E-state index contributed by atoms with van der Waals surface area (Å²) in [5.41, 5.74) is 1.22. The van der Waals surface area contributed by atoms with E-state index in [9.17, 15) is 5.11 Å². The maximum absolute atomic E-state index is 9.20. The molecular formula is C13H21NOS. The van der Waals surface area contributed by atoms with E-state index in [0.29, 0.717) is 17.7 Å². The molecule has 16 heavy (non-hydrogen) atoms. The van der Waals surface area contributed by atoms with E-state index in [1.54, 1.807) is 12.1 Å². The van der Waals surface area contributed by atoms with Gasteiger partial charge in [0.05, 0.1) is 0 Å². The topological polar surface area (TPSA) is 32.3 Å². The molecule has 0 radical (unpaired) electrons. The van der Waals surface area contributed by atoms with Crippen molar-refractivity contribution < 1.29 is 5.11 Å². The Bertz CT molecular complexity index is 299. The lowest BCUT2D eigenvalue weighted by Crippen LogP contribution is -2.25. The number of rotatable bonds is 6. The van der Waals surface area contributed by atoms with E-state index in [1.807, 2.05) is 23.9 Å². The smallest absolute Gasteiger partial charge is 0.115 e. The van der Waals surface area contributed by atoms with Crippen molar-refractivity contribution in [3.05, 3.63) is 29.8 Å². The molecule has 1 aromatic carbocycles. The quantitative estimate of drug-likeness (QED) is 0.800. The van der Waals surface area contributed by atoms with Crippen LogP contribution in [0.15, 0.2) is 24.3 Å². The second-order valence-electron chi connectivity index (χ2n) is 4.28. The number of aromatic hydroxyl groups is 1. The van der Waals surface area contributed by atoms with Gasteiger partial charge in [-0.25, -0.2) is 0 Å². The van der Waals surface area contributed by atoms with Crippen LogP contribution >= 0.6 is 11.8 Å². The second-order valence-corrected chi connectivity index (χ2v) is 5.19. The predicted octanol–water partition coefficient (Wildman–Crippen LogP) is 3.04. The average Bonchev–Trinajstić information content (AvgIpc) is 2.27. The third-order valence-electron chi connectivity index (χ3n) is 2.62. The molecule has 0 aliphatic heterocycles. The van der Waals surface area contributed by atoms with E-state index >= 15 is 0 Å². The van der Waals surface area contributed by atoms with E-state index < -0.39 is 0 Å². The minimum atomic E-state index is 0.326. The lowest BCUT2D eigenvalue weighted by Gasteiger charge is -2.17. The van der Waals surface area contributed by atoms with Crippen molar-refractivity contribution in [2.45, 2.75) is 19.9 Å². The van der Waals surface area contributed by atoms with E-state index in [2.05, 4.69) is 25.4 Å². The van der Waals surface area contributed by atoms with Gasteiger partial charge >= 0.3 is 0 Å². The van der Waals surface area contributed by atoms with E-state index in [1.165, 1.54) is 11.3 Å². The lowest BCUT2D eigenvalue weighted by atomic mass is 10.1. The van der Waals surface area contributed by atoms with Gasteiger partial charge in [0.15, 0.2) is 0 Å². The molecule has 2 unspecified atom stereocenters. The largest absolute Gasteiger partial charge is 0.508 e. The molecule has 1 aromatic rings. The molecule has 2 atom stereocenters. The summed E-state index contributed by atoms with van der Waals surface area (Å²) >= 11 is 1.89. The Balaban J connectivity index is 2.40. The van der Waals surface area contributed by atoms with Crippen LogP contribution in [0.3, 0.4) is 0 Å². The molecule has 1 rings (SSSR count). The number of hydrogen-bond acceptors (Lipinski definition) is 3. The van der Waals surface area contributed by atoms with E-state index in [4.69, 9.17) is 0 Å². The molecule has 0 saturated carbocycles. The van der Waals surface area contributed by atoms with Crippen molar-refractivity contribution in [2.75, 3.05) is 18.6 Å². The monoisotopic (exact) mass is 239 g/mol. The van der Waals surface area contributed by atoms with Gasteiger partial charge in [0.1, 0.15) is 5.75 Å². The highest BCUT2D eigenvalue weighted by atomic mass is 32.2. The number of thioether (sulfide) groups is 1. The Morgan fingerprint density at radius 3 is 2.44 bits per heavy atom. The zero-order valence-electron chi connectivity index (χ0n) is 10.2. The summed E-state index contributed by atoms with van der Waals surface area (Å²) in [5, 5.41) is 12.7. The van der Waals surface area contributed by atoms with Gasteiger partial charge in [0.2, 0.25) is 0 Å². The van der Waals surface area contributed by atoms with Crippen LogP contribution < -0.4 is 5.32 Å². The van der Waals surface area contributed by atoms with Crippen molar-refractivity contribution in [1.29, 1.82) is 0 Å². The van der Waals surface area contributed by atoms with Crippen molar-refractivity contribution in [1.82, 2.24) is 5.32 Å². The van der Waals surface area contributed by atoms with Crippen molar-refractivity contribution in [2.24, 2.45) is 5.92 Å². The lowest BCUT2D eigenvalue weighted by molar-refractivity contribution is 0.473. The predicted molar refractivity (Wildman–Crippen MR) is 72.1 cm³/mol. The molecular weight excluding hydrogens is 218 g/mol. The van der Waals surface area contributed by atoms with Gasteiger partial charge in [-0.3, -0.25) is 0 Å². The van der Waals surface area contributed by atoms with Gasteiger partial charge in [-0.2, -0.15) is 11.8 Å². The van der Waals surface area contributed by atoms with Gasteiger partial charge in [0.25, 0.3) is 0 Å². The van der Waals surface area contributed by atoms with Crippen molar-refractivity contribution >= 4 is 11.8 Å². The van der Waals surface area contributed by atoms with Crippen LogP contribution in [0.25, 0.3) is 0 Å². The number of benzene rings is 1. The van der Waals surface area contributed by atoms with Crippen molar-refractivity contribution in [3.8, 4) is 5.75 Å². The molecule has 90 valence electrons. The van der Waals surface area contributed by atoms with Gasteiger partial charge in [-0.05, 0) is 49.1 Å². The first-order chi connectivity index (χ1) is 7.63. The molecule has 0 aliphatic carbocycles. The van der Waals surface area contributed by atoms with Gasteiger partial charge in [0, 0.05) is 6.04 Å². The molecule has 0 spiro atoms. The fourth-order valence-electron chi connectivity index (χ4n) is 1.60. The maximum Gasteiger partial charge on any atom is 0.115 e. The summed E-state index contributed by atoms with van der Waals surface area (Å²) in [5.74, 6) is 2.20. The van der Waals surface area contributed by atoms with E-state index in [0.717, 1.165) is 6.54 Å². The molecule has 0 saturated heterocycles. The zero-order valence-corrected chi connectivity index (χ0v) is 11.1. The minimum Gasteiger partial charge on any atom is -0.508 e. The van der Waals surface area contributed by atoms with Crippen LogP contribution in [0.5, 0.6) is 5.75 Å². The van der Waals surface area contributed by atoms with Crippen LogP contribution in [0.2, 0.25) is 0 Å². The van der Waals surface area contributed by atoms with Gasteiger partial charge < -0.3 is 10.4 Å². The molecule has 0 fully saturated rings. The van der Waals surface area contributed by atoms with Crippen LogP contribution in [0.1, 0.15) is 25.5 Å². The Kier molecular flexibility index (Phi) is 5.71. The standard InChI is InChI=1S/C13H21NOS/c1-10(9-16-3)8-14-11(2)12-4-6-13(15)7-5-12/h4-7,10-11,14-15H,8-9H2,1-3H3. The molecule has 0 bridgehead atoms. The second kappa shape index (κ2) is 6.81. The molecule has 0 aromatic heterocycles. The minimum absolute atomic E-state index is 0.326.